The molecule has 0 atom stereocenters. The van der Waals surface area contributed by atoms with Crippen LogP contribution >= 0.6 is 0 Å². The third kappa shape index (κ3) is 5.57. The summed E-state index contributed by atoms with van der Waals surface area (Å²) in [7, 11) is 0. The zero-order valence-electron chi connectivity index (χ0n) is 15.3. The van der Waals surface area contributed by atoms with Gasteiger partial charge in [-0.1, -0.05) is 26.0 Å². The Kier molecular flexibility index (Phi) is 6.25. The molecule has 7 heteroatoms. The van der Waals surface area contributed by atoms with E-state index in [1.807, 2.05) is 12.1 Å². The number of halogens is 3. The molecule has 27 heavy (non-hydrogen) atoms. The van der Waals surface area contributed by atoms with E-state index in [2.05, 4.69) is 19.2 Å². The number of benzene rings is 2. The smallest absolute Gasteiger partial charge is 0.325 e. The lowest BCUT2D eigenvalue weighted by atomic mass is 10.0. The van der Waals surface area contributed by atoms with E-state index in [-0.39, 0.29) is 18.1 Å². The van der Waals surface area contributed by atoms with E-state index in [0.29, 0.717) is 11.6 Å². The van der Waals surface area contributed by atoms with E-state index in [0.717, 1.165) is 17.7 Å². The van der Waals surface area contributed by atoms with Crippen LogP contribution in [0, 0.1) is 0 Å². The van der Waals surface area contributed by atoms with Crippen molar-refractivity contribution in [1.82, 2.24) is 0 Å². The highest BCUT2D eigenvalue weighted by Crippen LogP contribution is 2.29. The molecular formula is C20H21F3N2O2. The molecule has 2 amide bonds. The summed E-state index contributed by atoms with van der Waals surface area (Å²) >= 11 is 0. The number of nitrogens with zero attached hydrogens (tertiary/aromatic N) is 1. The summed E-state index contributed by atoms with van der Waals surface area (Å²) in [6.45, 7) is 5.21. The van der Waals surface area contributed by atoms with Gasteiger partial charge >= 0.3 is 6.18 Å². The number of amides is 2. The maximum absolute atomic E-state index is 12.6. The van der Waals surface area contributed by atoms with Gasteiger partial charge in [-0.2, -0.15) is 13.2 Å². The van der Waals surface area contributed by atoms with Gasteiger partial charge in [0, 0.05) is 18.3 Å². The molecule has 2 rings (SSSR count). The molecule has 2 aromatic carbocycles. The molecule has 0 heterocycles. The monoisotopic (exact) mass is 378 g/mol. The minimum atomic E-state index is -4.43. The van der Waals surface area contributed by atoms with Gasteiger partial charge in [0.2, 0.25) is 11.8 Å². The Morgan fingerprint density at radius 1 is 1.00 bits per heavy atom. The van der Waals surface area contributed by atoms with Crippen molar-refractivity contribution < 1.29 is 22.8 Å². The Labute approximate surface area is 156 Å². The topological polar surface area (TPSA) is 49.4 Å². The Morgan fingerprint density at radius 3 is 2.00 bits per heavy atom. The molecule has 1 N–H and O–H groups in total. The average Bonchev–Trinajstić information content (AvgIpc) is 2.59. The first-order chi connectivity index (χ1) is 12.6. The summed E-state index contributed by atoms with van der Waals surface area (Å²) in [6, 6.07) is 11.5. The molecule has 2 aromatic rings. The maximum Gasteiger partial charge on any atom is 0.416 e. The molecular weight excluding hydrogens is 357 g/mol. The first-order valence-electron chi connectivity index (χ1n) is 8.43. The largest absolute Gasteiger partial charge is 0.416 e. The predicted octanol–water partition coefficient (Wildman–Crippen LogP) is 4.82. The highest BCUT2D eigenvalue weighted by Gasteiger charge is 2.30. The zero-order valence-corrected chi connectivity index (χ0v) is 15.3. The van der Waals surface area contributed by atoms with Crippen LogP contribution in [0.15, 0.2) is 48.5 Å². The second-order valence-corrected chi connectivity index (χ2v) is 6.47. The first-order valence-corrected chi connectivity index (χ1v) is 8.43. The first kappa shape index (κ1) is 20.5. The second-order valence-electron chi connectivity index (χ2n) is 6.47. The van der Waals surface area contributed by atoms with Crippen LogP contribution in [0.4, 0.5) is 24.5 Å². The van der Waals surface area contributed by atoms with Gasteiger partial charge in [-0.05, 0) is 47.9 Å². The van der Waals surface area contributed by atoms with E-state index < -0.39 is 17.6 Å². The number of anilines is 2. The Balaban J connectivity index is 2.07. The number of carbonyl (C=O) groups excluding carboxylic acids is 2. The second kappa shape index (κ2) is 8.24. The molecule has 0 fully saturated rings. The van der Waals surface area contributed by atoms with Crippen molar-refractivity contribution in [3.63, 3.8) is 0 Å². The van der Waals surface area contributed by atoms with Crippen molar-refractivity contribution >= 4 is 23.2 Å². The molecule has 0 radical (unpaired) electrons. The van der Waals surface area contributed by atoms with Crippen LogP contribution in [0.5, 0.6) is 0 Å². The normalized spacial score (nSPS) is 11.4. The van der Waals surface area contributed by atoms with Crippen LogP contribution in [-0.4, -0.2) is 18.4 Å². The van der Waals surface area contributed by atoms with Gasteiger partial charge in [-0.3, -0.25) is 9.59 Å². The van der Waals surface area contributed by atoms with Gasteiger partial charge in [0.05, 0.1) is 5.56 Å². The average molecular weight is 378 g/mol. The van der Waals surface area contributed by atoms with Gasteiger partial charge in [-0.25, -0.2) is 0 Å². The Morgan fingerprint density at radius 2 is 1.56 bits per heavy atom. The van der Waals surface area contributed by atoms with Crippen molar-refractivity contribution in [2.75, 3.05) is 16.8 Å². The van der Waals surface area contributed by atoms with Crippen LogP contribution < -0.4 is 10.2 Å². The molecule has 144 valence electrons. The van der Waals surface area contributed by atoms with Gasteiger partial charge < -0.3 is 10.2 Å². The summed E-state index contributed by atoms with van der Waals surface area (Å²) in [6.07, 6.45) is -4.43. The van der Waals surface area contributed by atoms with Crippen LogP contribution in [0.25, 0.3) is 0 Å². The minimum Gasteiger partial charge on any atom is -0.325 e. The van der Waals surface area contributed by atoms with Crippen LogP contribution in [-0.2, 0) is 15.8 Å². The quantitative estimate of drug-likeness (QED) is 0.811. The van der Waals surface area contributed by atoms with Gasteiger partial charge in [0.25, 0.3) is 0 Å². The van der Waals surface area contributed by atoms with Crippen LogP contribution in [0.2, 0.25) is 0 Å². The number of nitrogens with one attached hydrogen (secondary N) is 1. The van der Waals surface area contributed by atoms with Gasteiger partial charge in [0.1, 0.15) is 6.54 Å². The molecule has 0 spiro atoms. The maximum atomic E-state index is 12.6. The fourth-order valence-corrected chi connectivity index (χ4v) is 2.51. The molecule has 0 aliphatic carbocycles. The molecule has 0 aliphatic heterocycles. The molecule has 4 nitrogen and oxygen atoms in total. The summed E-state index contributed by atoms with van der Waals surface area (Å²) in [5, 5.41) is 2.51. The molecule has 0 bridgehead atoms. The lowest BCUT2D eigenvalue weighted by molar-refractivity contribution is -0.137. The molecule has 0 aromatic heterocycles. The van der Waals surface area contributed by atoms with E-state index in [1.165, 1.54) is 24.0 Å². The number of alkyl halides is 3. The van der Waals surface area contributed by atoms with Gasteiger partial charge in [0.15, 0.2) is 0 Å². The summed E-state index contributed by atoms with van der Waals surface area (Å²) in [4.78, 5) is 25.5. The highest BCUT2D eigenvalue weighted by molar-refractivity contribution is 6.01. The van der Waals surface area contributed by atoms with E-state index >= 15 is 0 Å². The molecule has 0 saturated carbocycles. The summed E-state index contributed by atoms with van der Waals surface area (Å²) in [5.41, 5.74) is 1.12. The predicted molar refractivity (Wildman–Crippen MR) is 98.6 cm³/mol. The fraction of sp³-hybridized carbons (Fsp3) is 0.300. The Bertz CT molecular complexity index is 797. The molecule has 0 aliphatic rings. The molecule has 0 unspecified atom stereocenters. The fourth-order valence-electron chi connectivity index (χ4n) is 2.51. The van der Waals surface area contributed by atoms with E-state index in [4.69, 9.17) is 0 Å². The number of carbonyl (C=O) groups is 2. The van der Waals surface area contributed by atoms with Crippen LogP contribution in [0.1, 0.15) is 37.8 Å². The lowest BCUT2D eigenvalue weighted by Crippen LogP contribution is -2.36. The standard InChI is InChI=1S/C20H21F3N2O2/c1-13(2)15-4-10-18(11-5-15)25(14(3)26)12-19(27)24-17-8-6-16(7-9-17)20(21,22)23/h4-11,13H,12H2,1-3H3,(H,24,27). The highest BCUT2D eigenvalue weighted by atomic mass is 19.4. The van der Waals surface area contributed by atoms with E-state index in [1.54, 1.807) is 12.1 Å². The lowest BCUT2D eigenvalue weighted by Gasteiger charge is -2.21. The van der Waals surface area contributed by atoms with Crippen molar-refractivity contribution in [2.24, 2.45) is 0 Å². The SMILES string of the molecule is CC(=O)N(CC(=O)Nc1ccc(C(F)(F)F)cc1)c1ccc(C(C)C)cc1. The zero-order chi connectivity index (χ0) is 20.2. The van der Waals surface area contributed by atoms with Crippen molar-refractivity contribution in [3.8, 4) is 0 Å². The Hall–Kier alpha value is -2.83. The van der Waals surface area contributed by atoms with Crippen molar-refractivity contribution in [3.05, 3.63) is 59.7 Å². The third-order valence-electron chi connectivity index (χ3n) is 4.05. The third-order valence-corrected chi connectivity index (χ3v) is 4.05. The number of rotatable bonds is 5. The number of hydrogen-bond acceptors (Lipinski definition) is 2. The van der Waals surface area contributed by atoms with Crippen LogP contribution in [0.3, 0.4) is 0 Å². The minimum absolute atomic E-state index is 0.228. The summed E-state index contributed by atoms with van der Waals surface area (Å²) in [5.74, 6) is -0.472. The number of hydrogen-bond donors (Lipinski definition) is 1. The van der Waals surface area contributed by atoms with Crippen molar-refractivity contribution in [1.29, 1.82) is 0 Å². The van der Waals surface area contributed by atoms with E-state index in [9.17, 15) is 22.8 Å². The van der Waals surface area contributed by atoms with Gasteiger partial charge in [-0.15, -0.1) is 0 Å². The summed E-state index contributed by atoms with van der Waals surface area (Å²) < 4.78 is 37.7. The molecule has 0 saturated heterocycles. The van der Waals surface area contributed by atoms with Crippen molar-refractivity contribution in [2.45, 2.75) is 32.9 Å².